The Bertz CT molecular complexity index is 476. The van der Waals surface area contributed by atoms with Crippen LogP contribution in [0.3, 0.4) is 0 Å². The minimum atomic E-state index is -0.403. The third kappa shape index (κ3) is 1.27. The standard InChI is InChI=1S/C9H4BrFO2/c10-7-1-6-5(3-12)4-13-9(6)2-8(7)11/h1-4H. The number of furan rings is 1. The van der Waals surface area contributed by atoms with Crippen LogP contribution in [0.1, 0.15) is 10.4 Å². The van der Waals surface area contributed by atoms with Crippen LogP contribution >= 0.6 is 15.9 Å². The third-order valence-electron chi connectivity index (χ3n) is 1.77. The van der Waals surface area contributed by atoms with Gasteiger partial charge < -0.3 is 4.42 Å². The van der Waals surface area contributed by atoms with E-state index in [1.807, 2.05) is 0 Å². The molecule has 0 amide bonds. The molecule has 0 fully saturated rings. The minimum absolute atomic E-state index is 0.324. The molecule has 1 aromatic heterocycles. The Morgan fingerprint density at radius 1 is 1.46 bits per heavy atom. The number of carbonyl (C=O) groups excluding carboxylic acids is 1. The normalized spacial score (nSPS) is 10.6. The van der Waals surface area contributed by atoms with E-state index in [1.165, 1.54) is 18.4 Å². The second kappa shape index (κ2) is 2.96. The average molecular weight is 243 g/mol. The molecule has 4 heteroatoms. The van der Waals surface area contributed by atoms with Gasteiger partial charge in [0, 0.05) is 11.5 Å². The molecule has 1 heterocycles. The first-order chi connectivity index (χ1) is 6.22. The van der Waals surface area contributed by atoms with Gasteiger partial charge in [-0.3, -0.25) is 4.79 Å². The zero-order chi connectivity index (χ0) is 9.42. The molecule has 0 spiro atoms. The zero-order valence-electron chi connectivity index (χ0n) is 6.38. The van der Waals surface area contributed by atoms with E-state index < -0.39 is 5.82 Å². The lowest BCUT2D eigenvalue weighted by molar-refractivity contribution is 0.112. The summed E-state index contributed by atoms with van der Waals surface area (Å²) in [6.45, 7) is 0. The average Bonchev–Trinajstić information content (AvgIpc) is 2.48. The number of benzene rings is 1. The first-order valence-corrected chi connectivity index (χ1v) is 4.33. The highest BCUT2D eigenvalue weighted by Crippen LogP contribution is 2.26. The van der Waals surface area contributed by atoms with Gasteiger partial charge in [0.2, 0.25) is 0 Å². The molecular weight excluding hydrogens is 239 g/mol. The predicted molar refractivity (Wildman–Crippen MR) is 49.3 cm³/mol. The molecule has 13 heavy (non-hydrogen) atoms. The number of rotatable bonds is 1. The van der Waals surface area contributed by atoms with Crippen molar-refractivity contribution in [2.24, 2.45) is 0 Å². The van der Waals surface area contributed by atoms with Crippen molar-refractivity contribution in [2.75, 3.05) is 0 Å². The summed E-state index contributed by atoms with van der Waals surface area (Å²) in [5.74, 6) is -0.403. The predicted octanol–water partition coefficient (Wildman–Crippen LogP) is 3.15. The molecule has 2 nitrogen and oxygen atoms in total. The van der Waals surface area contributed by atoms with E-state index in [0.717, 1.165) is 0 Å². The van der Waals surface area contributed by atoms with E-state index in [2.05, 4.69) is 15.9 Å². The van der Waals surface area contributed by atoms with Crippen molar-refractivity contribution in [1.82, 2.24) is 0 Å². The van der Waals surface area contributed by atoms with E-state index in [9.17, 15) is 9.18 Å². The van der Waals surface area contributed by atoms with Crippen molar-refractivity contribution < 1.29 is 13.6 Å². The van der Waals surface area contributed by atoms with Crippen LogP contribution in [-0.4, -0.2) is 6.29 Å². The molecule has 0 radical (unpaired) electrons. The molecule has 2 aromatic rings. The minimum Gasteiger partial charge on any atom is -0.463 e. The van der Waals surface area contributed by atoms with Crippen LogP contribution in [0.25, 0.3) is 11.0 Å². The molecule has 0 bridgehead atoms. The van der Waals surface area contributed by atoms with Gasteiger partial charge in [0.1, 0.15) is 17.7 Å². The van der Waals surface area contributed by atoms with Crippen molar-refractivity contribution in [3.63, 3.8) is 0 Å². The molecule has 0 aliphatic rings. The van der Waals surface area contributed by atoms with Gasteiger partial charge in [-0.05, 0) is 22.0 Å². The number of hydrogen-bond acceptors (Lipinski definition) is 2. The smallest absolute Gasteiger partial charge is 0.153 e. The highest BCUT2D eigenvalue weighted by atomic mass is 79.9. The molecule has 0 saturated carbocycles. The van der Waals surface area contributed by atoms with E-state index in [0.29, 0.717) is 27.3 Å². The van der Waals surface area contributed by atoms with Gasteiger partial charge in [-0.2, -0.15) is 0 Å². The van der Waals surface area contributed by atoms with E-state index >= 15 is 0 Å². The van der Waals surface area contributed by atoms with Crippen LogP contribution < -0.4 is 0 Å². The zero-order valence-corrected chi connectivity index (χ0v) is 7.97. The molecule has 2 rings (SSSR count). The van der Waals surface area contributed by atoms with Crippen LogP contribution in [0.2, 0.25) is 0 Å². The first kappa shape index (κ1) is 8.44. The fourth-order valence-corrected chi connectivity index (χ4v) is 1.48. The van der Waals surface area contributed by atoms with E-state index in [4.69, 9.17) is 4.42 Å². The Labute approximate surface area is 81.5 Å². The van der Waals surface area contributed by atoms with Gasteiger partial charge in [-0.25, -0.2) is 4.39 Å². The summed E-state index contributed by atoms with van der Waals surface area (Å²) in [4.78, 5) is 10.5. The van der Waals surface area contributed by atoms with Crippen molar-refractivity contribution in [3.05, 3.63) is 34.2 Å². The number of fused-ring (bicyclic) bond motifs is 1. The summed E-state index contributed by atoms with van der Waals surface area (Å²) in [7, 11) is 0. The molecule has 66 valence electrons. The second-order valence-corrected chi connectivity index (χ2v) is 3.43. The Kier molecular flexibility index (Phi) is 1.92. The van der Waals surface area contributed by atoms with Gasteiger partial charge >= 0.3 is 0 Å². The number of halogens is 2. The molecule has 1 aromatic carbocycles. The van der Waals surface area contributed by atoms with Crippen LogP contribution in [0.4, 0.5) is 4.39 Å². The summed E-state index contributed by atoms with van der Waals surface area (Å²) in [5.41, 5.74) is 0.804. The third-order valence-corrected chi connectivity index (χ3v) is 2.38. The van der Waals surface area contributed by atoms with Crippen LogP contribution in [0.5, 0.6) is 0 Å². The maximum Gasteiger partial charge on any atom is 0.153 e. The molecular formula is C9H4BrFO2. The molecule has 0 N–H and O–H groups in total. The lowest BCUT2D eigenvalue weighted by Gasteiger charge is -1.93. The largest absolute Gasteiger partial charge is 0.463 e. The van der Waals surface area contributed by atoms with Crippen LogP contribution in [0, 0.1) is 5.82 Å². The second-order valence-electron chi connectivity index (χ2n) is 2.57. The van der Waals surface area contributed by atoms with Crippen molar-refractivity contribution in [2.45, 2.75) is 0 Å². The van der Waals surface area contributed by atoms with Gasteiger partial charge in [0.25, 0.3) is 0 Å². The maximum absolute atomic E-state index is 13.0. The Morgan fingerprint density at radius 2 is 2.23 bits per heavy atom. The van der Waals surface area contributed by atoms with Crippen molar-refractivity contribution in [1.29, 1.82) is 0 Å². The molecule has 0 aliphatic heterocycles. The monoisotopic (exact) mass is 242 g/mol. The Hall–Kier alpha value is -1.16. The summed E-state index contributed by atoms with van der Waals surface area (Å²) in [6.07, 6.45) is 1.99. The fourth-order valence-electron chi connectivity index (χ4n) is 1.13. The van der Waals surface area contributed by atoms with Crippen molar-refractivity contribution in [3.8, 4) is 0 Å². The summed E-state index contributed by atoms with van der Waals surface area (Å²) >= 11 is 3.03. The number of carbonyl (C=O) groups is 1. The van der Waals surface area contributed by atoms with Crippen LogP contribution in [-0.2, 0) is 0 Å². The van der Waals surface area contributed by atoms with E-state index in [-0.39, 0.29) is 0 Å². The highest BCUT2D eigenvalue weighted by Gasteiger charge is 2.08. The summed E-state index contributed by atoms with van der Waals surface area (Å²) in [5, 5.41) is 0.614. The molecule has 0 atom stereocenters. The molecule has 0 aliphatic carbocycles. The summed E-state index contributed by atoms with van der Waals surface area (Å²) in [6, 6.07) is 2.77. The van der Waals surface area contributed by atoms with Gasteiger partial charge in [0.05, 0.1) is 10.0 Å². The van der Waals surface area contributed by atoms with Crippen molar-refractivity contribution >= 4 is 33.2 Å². The topological polar surface area (TPSA) is 30.2 Å². The number of aldehydes is 1. The van der Waals surface area contributed by atoms with Gasteiger partial charge in [-0.1, -0.05) is 0 Å². The van der Waals surface area contributed by atoms with E-state index in [1.54, 1.807) is 0 Å². The number of hydrogen-bond donors (Lipinski definition) is 0. The van der Waals surface area contributed by atoms with Gasteiger partial charge in [-0.15, -0.1) is 0 Å². The molecule has 0 unspecified atom stereocenters. The fraction of sp³-hybridized carbons (Fsp3) is 0. The Morgan fingerprint density at radius 3 is 2.92 bits per heavy atom. The maximum atomic E-state index is 13.0. The lowest BCUT2D eigenvalue weighted by Crippen LogP contribution is -1.79. The molecule has 0 saturated heterocycles. The first-order valence-electron chi connectivity index (χ1n) is 3.54. The Balaban J connectivity index is 2.84. The quantitative estimate of drug-likeness (QED) is 0.720. The summed E-state index contributed by atoms with van der Waals surface area (Å²) < 4.78 is 18.3. The highest BCUT2D eigenvalue weighted by molar-refractivity contribution is 9.10. The SMILES string of the molecule is O=Cc1coc2cc(F)c(Br)cc12. The lowest BCUT2D eigenvalue weighted by atomic mass is 10.2. The van der Waals surface area contributed by atoms with Gasteiger partial charge in [0.15, 0.2) is 6.29 Å². The van der Waals surface area contributed by atoms with Crippen LogP contribution in [0.15, 0.2) is 27.3 Å².